The molecule has 0 saturated carbocycles. The Balaban J connectivity index is 1.63. The SMILES string of the molecule is Cc1ccccc1CNC(=O)[C@@H]1CC(=O)N(c2cccc(Cl)c2)C1. The number of nitrogens with zero attached hydrogens (tertiary/aromatic N) is 1. The Hall–Kier alpha value is -2.33. The normalized spacial score (nSPS) is 17.2. The van der Waals surface area contributed by atoms with E-state index in [0.29, 0.717) is 18.1 Å². The Morgan fingerprint density at radius 1 is 1.25 bits per heavy atom. The monoisotopic (exact) mass is 342 g/mol. The van der Waals surface area contributed by atoms with Crippen LogP contribution in [0.2, 0.25) is 5.02 Å². The highest BCUT2D eigenvalue weighted by atomic mass is 35.5. The van der Waals surface area contributed by atoms with Crippen molar-refractivity contribution in [2.24, 2.45) is 5.92 Å². The largest absolute Gasteiger partial charge is 0.352 e. The molecule has 24 heavy (non-hydrogen) atoms. The first-order chi connectivity index (χ1) is 11.5. The highest BCUT2D eigenvalue weighted by molar-refractivity contribution is 6.30. The summed E-state index contributed by atoms with van der Waals surface area (Å²) in [5.41, 5.74) is 2.96. The van der Waals surface area contributed by atoms with Crippen molar-refractivity contribution in [2.45, 2.75) is 19.9 Å². The van der Waals surface area contributed by atoms with Crippen LogP contribution in [0.3, 0.4) is 0 Å². The fourth-order valence-corrected chi connectivity index (χ4v) is 3.10. The third-order valence-corrected chi connectivity index (χ3v) is 4.57. The Morgan fingerprint density at radius 2 is 2.04 bits per heavy atom. The number of nitrogens with one attached hydrogen (secondary N) is 1. The highest BCUT2D eigenvalue weighted by Gasteiger charge is 2.35. The first kappa shape index (κ1) is 16.5. The molecule has 0 aliphatic carbocycles. The average Bonchev–Trinajstić information content (AvgIpc) is 2.96. The second-order valence-corrected chi connectivity index (χ2v) is 6.47. The van der Waals surface area contributed by atoms with Gasteiger partial charge in [0.1, 0.15) is 0 Å². The number of benzene rings is 2. The third kappa shape index (κ3) is 3.60. The van der Waals surface area contributed by atoms with Gasteiger partial charge in [0.2, 0.25) is 11.8 Å². The van der Waals surface area contributed by atoms with Gasteiger partial charge in [0.25, 0.3) is 0 Å². The Labute approximate surface area is 146 Å². The molecule has 0 aromatic heterocycles. The number of carbonyl (C=O) groups is 2. The average molecular weight is 343 g/mol. The van der Waals surface area contributed by atoms with Crippen molar-refractivity contribution in [3.8, 4) is 0 Å². The molecular formula is C19H19ClN2O2. The summed E-state index contributed by atoms with van der Waals surface area (Å²) >= 11 is 5.99. The minimum atomic E-state index is -0.333. The minimum Gasteiger partial charge on any atom is -0.352 e. The molecule has 2 aromatic carbocycles. The van der Waals surface area contributed by atoms with Crippen molar-refractivity contribution in [1.29, 1.82) is 0 Å². The van der Waals surface area contributed by atoms with E-state index in [9.17, 15) is 9.59 Å². The van der Waals surface area contributed by atoms with Crippen molar-refractivity contribution in [1.82, 2.24) is 5.32 Å². The number of amides is 2. The predicted octanol–water partition coefficient (Wildman–Crippen LogP) is 3.32. The van der Waals surface area contributed by atoms with Gasteiger partial charge in [0.05, 0.1) is 5.92 Å². The minimum absolute atomic E-state index is 0.0479. The molecule has 2 aromatic rings. The van der Waals surface area contributed by atoms with Gasteiger partial charge in [0, 0.05) is 30.2 Å². The van der Waals surface area contributed by atoms with Crippen LogP contribution >= 0.6 is 11.6 Å². The van der Waals surface area contributed by atoms with Crippen LogP contribution in [0.15, 0.2) is 48.5 Å². The lowest BCUT2D eigenvalue weighted by molar-refractivity contribution is -0.126. The van der Waals surface area contributed by atoms with Gasteiger partial charge >= 0.3 is 0 Å². The van der Waals surface area contributed by atoms with Crippen LogP contribution in [0.5, 0.6) is 0 Å². The molecule has 1 atom stereocenters. The lowest BCUT2D eigenvalue weighted by Crippen LogP contribution is -2.32. The van der Waals surface area contributed by atoms with E-state index in [-0.39, 0.29) is 24.2 Å². The van der Waals surface area contributed by atoms with E-state index in [0.717, 1.165) is 16.8 Å². The summed E-state index contributed by atoms with van der Waals surface area (Å²) in [5.74, 6) is -0.468. The number of hydrogen-bond donors (Lipinski definition) is 1. The molecular weight excluding hydrogens is 324 g/mol. The summed E-state index contributed by atoms with van der Waals surface area (Å²) in [5, 5.41) is 3.52. The van der Waals surface area contributed by atoms with E-state index in [1.165, 1.54) is 0 Å². The van der Waals surface area contributed by atoms with Gasteiger partial charge in [-0.1, -0.05) is 41.9 Å². The van der Waals surface area contributed by atoms with Gasteiger partial charge in [-0.3, -0.25) is 9.59 Å². The van der Waals surface area contributed by atoms with Crippen LogP contribution in [0.4, 0.5) is 5.69 Å². The fourth-order valence-electron chi connectivity index (χ4n) is 2.91. The second-order valence-electron chi connectivity index (χ2n) is 6.03. The molecule has 2 amide bonds. The van der Waals surface area contributed by atoms with E-state index >= 15 is 0 Å². The highest BCUT2D eigenvalue weighted by Crippen LogP contribution is 2.27. The zero-order valence-corrected chi connectivity index (χ0v) is 14.2. The molecule has 1 saturated heterocycles. The maximum absolute atomic E-state index is 12.4. The first-order valence-electron chi connectivity index (χ1n) is 7.93. The fraction of sp³-hybridized carbons (Fsp3) is 0.263. The molecule has 4 nitrogen and oxygen atoms in total. The van der Waals surface area contributed by atoms with Crippen molar-refractivity contribution in [3.05, 3.63) is 64.7 Å². The van der Waals surface area contributed by atoms with Crippen LogP contribution in [0.25, 0.3) is 0 Å². The van der Waals surface area contributed by atoms with Gasteiger partial charge < -0.3 is 10.2 Å². The topological polar surface area (TPSA) is 49.4 Å². The quantitative estimate of drug-likeness (QED) is 0.926. The molecule has 1 aliphatic rings. The van der Waals surface area contributed by atoms with Gasteiger partial charge in [-0.15, -0.1) is 0 Å². The summed E-state index contributed by atoms with van der Waals surface area (Å²) in [6, 6.07) is 15.1. The number of anilines is 1. The zero-order chi connectivity index (χ0) is 17.1. The Morgan fingerprint density at radius 3 is 2.79 bits per heavy atom. The van der Waals surface area contributed by atoms with Crippen LogP contribution in [0.1, 0.15) is 17.5 Å². The van der Waals surface area contributed by atoms with E-state index in [1.54, 1.807) is 23.1 Å². The smallest absolute Gasteiger partial charge is 0.227 e. The van der Waals surface area contributed by atoms with Crippen LogP contribution < -0.4 is 10.2 Å². The van der Waals surface area contributed by atoms with Gasteiger partial charge in [-0.05, 0) is 36.2 Å². The second kappa shape index (κ2) is 7.05. The molecule has 124 valence electrons. The van der Waals surface area contributed by atoms with E-state index < -0.39 is 0 Å². The van der Waals surface area contributed by atoms with Crippen LogP contribution in [-0.4, -0.2) is 18.4 Å². The number of aryl methyl sites for hydroxylation is 1. The summed E-state index contributed by atoms with van der Waals surface area (Å²) in [6.07, 6.45) is 0.228. The van der Waals surface area contributed by atoms with E-state index in [2.05, 4.69) is 5.32 Å². The zero-order valence-electron chi connectivity index (χ0n) is 13.5. The van der Waals surface area contributed by atoms with Crippen LogP contribution in [-0.2, 0) is 16.1 Å². The number of rotatable bonds is 4. The van der Waals surface area contributed by atoms with Crippen molar-refractivity contribution < 1.29 is 9.59 Å². The lowest BCUT2D eigenvalue weighted by Gasteiger charge is -2.17. The predicted molar refractivity (Wildman–Crippen MR) is 94.9 cm³/mol. The maximum Gasteiger partial charge on any atom is 0.227 e. The summed E-state index contributed by atoms with van der Waals surface area (Å²) in [7, 11) is 0. The molecule has 1 heterocycles. The van der Waals surface area contributed by atoms with E-state index in [4.69, 9.17) is 11.6 Å². The van der Waals surface area contributed by atoms with E-state index in [1.807, 2.05) is 37.3 Å². The molecule has 0 radical (unpaired) electrons. The molecule has 5 heteroatoms. The van der Waals surface area contributed by atoms with Crippen molar-refractivity contribution >= 4 is 29.1 Å². The summed E-state index contributed by atoms with van der Waals surface area (Å²) in [4.78, 5) is 26.3. The molecule has 3 rings (SSSR count). The Bertz CT molecular complexity index is 775. The standard InChI is InChI=1S/C19H19ClN2O2/c1-13-5-2-3-6-14(13)11-21-19(24)15-9-18(23)22(12-15)17-8-4-7-16(20)10-17/h2-8,10,15H,9,11-12H2,1H3,(H,21,24)/t15-/m1/s1. The number of hydrogen-bond acceptors (Lipinski definition) is 2. The molecule has 0 spiro atoms. The van der Waals surface area contributed by atoms with Crippen molar-refractivity contribution in [3.63, 3.8) is 0 Å². The van der Waals surface area contributed by atoms with Gasteiger partial charge in [0.15, 0.2) is 0 Å². The number of carbonyl (C=O) groups excluding carboxylic acids is 2. The van der Waals surface area contributed by atoms with Crippen molar-refractivity contribution in [2.75, 3.05) is 11.4 Å². The number of halogens is 1. The molecule has 0 bridgehead atoms. The maximum atomic E-state index is 12.4. The molecule has 1 aliphatic heterocycles. The molecule has 1 N–H and O–H groups in total. The van der Waals surface area contributed by atoms with Gasteiger partial charge in [-0.25, -0.2) is 0 Å². The lowest BCUT2D eigenvalue weighted by atomic mass is 10.1. The summed E-state index contributed by atoms with van der Waals surface area (Å²) in [6.45, 7) is 2.88. The first-order valence-corrected chi connectivity index (χ1v) is 8.30. The summed E-state index contributed by atoms with van der Waals surface area (Å²) < 4.78 is 0. The molecule has 0 unspecified atom stereocenters. The van der Waals surface area contributed by atoms with Crippen LogP contribution in [0, 0.1) is 12.8 Å². The third-order valence-electron chi connectivity index (χ3n) is 4.33. The van der Waals surface area contributed by atoms with Gasteiger partial charge in [-0.2, -0.15) is 0 Å². The Kier molecular flexibility index (Phi) is 4.86. The molecule has 1 fully saturated rings.